The number of carbonyl (C=O) groups excluding carboxylic acids is 1. The lowest BCUT2D eigenvalue weighted by atomic mass is 10.0. The molecular formula is C20H26N2O2. The maximum absolute atomic E-state index is 12.1. The summed E-state index contributed by atoms with van der Waals surface area (Å²) < 4.78 is 5.59. The number of rotatable bonds is 7. The van der Waals surface area contributed by atoms with Gasteiger partial charge < -0.3 is 15.0 Å². The van der Waals surface area contributed by atoms with E-state index in [1.54, 1.807) is 0 Å². The van der Waals surface area contributed by atoms with E-state index < -0.39 is 0 Å². The van der Waals surface area contributed by atoms with E-state index in [1.165, 1.54) is 11.1 Å². The molecule has 0 heterocycles. The SMILES string of the molecule is Cc1ccc([C@@H](CNC(=O)COc2ccccc2C)N(C)C)cc1. The smallest absolute Gasteiger partial charge is 0.258 e. The largest absolute Gasteiger partial charge is 0.484 e. The Balaban J connectivity index is 1.88. The van der Waals surface area contributed by atoms with Gasteiger partial charge in [0, 0.05) is 6.54 Å². The Morgan fingerprint density at radius 1 is 1.08 bits per heavy atom. The Hall–Kier alpha value is -2.33. The van der Waals surface area contributed by atoms with E-state index in [4.69, 9.17) is 4.74 Å². The molecule has 0 spiro atoms. The van der Waals surface area contributed by atoms with Crippen molar-refractivity contribution in [3.05, 3.63) is 65.2 Å². The van der Waals surface area contributed by atoms with Crippen LogP contribution >= 0.6 is 0 Å². The van der Waals surface area contributed by atoms with E-state index in [-0.39, 0.29) is 18.6 Å². The minimum Gasteiger partial charge on any atom is -0.484 e. The van der Waals surface area contributed by atoms with Gasteiger partial charge in [-0.1, -0.05) is 48.0 Å². The highest BCUT2D eigenvalue weighted by molar-refractivity contribution is 5.77. The molecule has 0 fully saturated rings. The fourth-order valence-electron chi connectivity index (χ4n) is 2.51. The van der Waals surface area contributed by atoms with Crippen LogP contribution in [0.5, 0.6) is 5.75 Å². The number of likely N-dealkylation sites (N-methyl/N-ethyl adjacent to an activating group) is 1. The minimum absolute atomic E-state index is 0.0267. The molecule has 1 N–H and O–H groups in total. The number of carbonyl (C=O) groups is 1. The number of ether oxygens (including phenoxy) is 1. The highest BCUT2D eigenvalue weighted by atomic mass is 16.5. The second kappa shape index (κ2) is 8.50. The van der Waals surface area contributed by atoms with E-state index in [9.17, 15) is 4.79 Å². The predicted molar refractivity (Wildman–Crippen MR) is 97.3 cm³/mol. The van der Waals surface area contributed by atoms with Crippen LogP contribution in [0.25, 0.3) is 0 Å². The van der Waals surface area contributed by atoms with E-state index in [0.717, 1.165) is 11.3 Å². The summed E-state index contributed by atoms with van der Waals surface area (Å²) in [6, 6.07) is 16.2. The molecule has 0 radical (unpaired) electrons. The summed E-state index contributed by atoms with van der Waals surface area (Å²) in [5, 5.41) is 2.96. The number of nitrogens with zero attached hydrogens (tertiary/aromatic N) is 1. The van der Waals surface area contributed by atoms with Crippen molar-refractivity contribution in [2.45, 2.75) is 19.9 Å². The molecule has 2 aromatic carbocycles. The molecule has 1 atom stereocenters. The lowest BCUT2D eigenvalue weighted by molar-refractivity contribution is -0.123. The Morgan fingerprint density at radius 3 is 2.38 bits per heavy atom. The van der Waals surface area contributed by atoms with Crippen molar-refractivity contribution in [3.63, 3.8) is 0 Å². The van der Waals surface area contributed by atoms with Crippen LogP contribution in [0.15, 0.2) is 48.5 Å². The molecule has 4 nitrogen and oxygen atoms in total. The first kappa shape index (κ1) is 18.0. The molecule has 0 saturated heterocycles. The van der Waals surface area contributed by atoms with E-state index in [0.29, 0.717) is 6.54 Å². The minimum atomic E-state index is -0.114. The standard InChI is InChI=1S/C20H26N2O2/c1-15-9-11-17(12-10-15)18(22(3)4)13-21-20(23)14-24-19-8-6-5-7-16(19)2/h5-12,18H,13-14H2,1-4H3,(H,21,23)/t18-/m1/s1. The molecule has 2 rings (SSSR count). The Morgan fingerprint density at radius 2 is 1.75 bits per heavy atom. The zero-order valence-electron chi connectivity index (χ0n) is 14.9. The Labute approximate surface area is 144 Å². The van der Waals surface area contributed by atoms with Gasteiger partial charge >= 0.3 is 0 Å². The van der Waals surface area contributed by atoms with E-state index >= 15 is 0 Å². The summed E-state index contributed by atoms with van der Waals surface area (Å²) in [4.78, 5) is 14.2. The van der Waals surface area contributed by atoms with Crippen molar-refractivity contribution in [2.75, 3.05) is 27.2 Å². The molecular weight excluding hydrogens is 300 g/mol. The van der Waals surface area contributed by atoms with Gasteiger partial charge in [-0.2, -0.15) is 0 Å². The maximum atomic E-state index is 12.1. The molecule has 0 aromatic heterocycles. The third kappa shape index (κ3) is 5.10. The average Bonchev–Trinajstić information content (AvgIpc) is 2.55. The molecule has 2 aromatic rings. The number of para-hydroxylation sites is 1. The maximum Gasteiger partial charge on any atom is 0.258 e. The molecule has 1 amide bonds. The van der Waals surface area contributed by atoms with Crippen LogP contribution < -0.4 is 10.1 Å². The van der Waals surface area contributed by atoms with Gasteiger partial charge in [0.25, 0.3) is 5.91 Å². The predicted octanol–water partition coefficient (Wildman–Crippen LogP) is 3.10. The third-order valence-electron chi connectivity index (χ3n) is 4.03. The van der Waals surface area contributed by atoms with Crippen LogP contribution in [0.1, 0.15) is 22.7 Å². The van der Waals surface area contributed by atoms with Crippen molar-refractivity contribution in [3.8, 4) is 5.75 Å². The van der Waals surface area contributed by atoms with Gasteiger partial charge in [0.15, 0.2) is 6.61 Å². The quantitative estimate of drug-likeness (QED) is 0.850. The van der Waals surface area contributed by atoms with Crippen molar-refractivity contribution in [2.24, 2.45) is 0 Å². The zero-order chi connectivity index (χ0) is 17.5. The van der Waals surface area contributed by atoms with Gasteiger partial charge in [0.1, 0.15) is 5.75 Å². The molecule has 0 aliphatic heterocycles. The molecule has 0 aliphatic carbocycles. The summed E-state index contributed by atoms with van der Waals surface area (Å²) in [5.41, 5.74) is 3.44. The van der Waals surface area contributed by atoms with Crippen LogP contribution in [-0.4, -0.2) is 38.1 Å². The molecule has 24 heavy (non-hydrogen) atoms. The van der Waals surface area contributed by atoms with Crippen molar-refractivity contribution in [1.29, 1.82) is 0 Å². The number of aryl methyl sites for hydroxylation is 2. The summed E-state index contributed by atoms with van der Waals surface area (Å²) in [6.07, 6.45) is 0. The second-order valence-electron chi connectivity index (χ2n) is 6.25. The summed E-state index contributed by atoms with van der Waals surface area (Å²) >= 11 is 0. The number of hydrogen-bond donors (Lipinski definition) is 1. The Bertz CT molecular complexity index is 666. The fourth-order valence-corrected chi connectivity index (χ4v) is 2.51. The number of benzene rings is 2. The lowest BCUT2D eigenvalue weighted by Gasteiger charge is -2.25. The molecule has 0 bridgehead atoms. The summed E-state index contributed by atoms with van der Waals surface area (Å²) in [6.45, 7) is 4.61. The van der Waals surface area contributed by atoms with E-state index in [2.05, 4.69) is 41.4 Å². The van der Waals surface area contributed by atoms with Crippen molar-refractivity contribution in [1.82, 2.24) is 10.2 Å². The van der Waals surface area contributed by atoms with Gasteiger partial charge in [-0.3, -0.25) is 4.79 Å². The average molecular weight is 326 g/mol. The molecule has 4 heteroatoms. The normalized spacial score (nSPS) is 12.0. The van der Waals surface area contributed by atoms with Gasteiger partial charge in [0.2, 0.25) is 0 Å². The second-order valence-corrected chi connectivity index (χ2v) is 6.25. The first-order valence-electron chi connectivity index (χ1n) is 8.15. The van der Waals surface area contributed by atoms with E-state index in [1.807, 2.05) is 45.3 Å². The highest BCUT2D eigenvalue weighted by Gasteiger charge is 2.15. The van der Waals surface area contributed by atoms with Gasteiger partial charge in [-0.05, 0) is 45.1 Å². The molecule has 128 valence electrons. The van der Waals surface area contributed by atoms with Crippen LogP contribution in [0.4, 0.5) is 0 Å². The van der Waals surface area contributed by atoms with Gasteiger partial charge in [-0.15, -0.1) is 0 Å². The van der Waals surface area contributed by atoms with Crippen LogP contribution in [0.2, 0.25) is 0 Å². The van der Waals surface area contributed by atoms with Crippen LogP contribution in [0, 0.1) is 13.8 Å². The summed E-state index contributed by atoms with van der Waals surface area (Å²) in [7, 11) is 4.03. The van der Waals surface area contributed by atoms with Crippen LogP contribution in [-0.2, 0) is 4.79 Å². The monoisotopic (exact) mass is 326 g/mol. The highest BCUT2D eigenvalue weighted by Crippen LogP contribution is 2.18. The van der Waals surface area contributed by atoms with Gasteiger partial charge in [-0.25, -0.2) is 0 Å². The molecule has 0 aliphatic rings. The first-order chi connectivity index (χ1) is 11.5. The third-order valence-corrected chi connectivity index (χ3v) is 4.03. The molecule has 0 saturated carbocycles. The Kier molecular flexibility index (Phi) is 6.38. The number of amides is 1. The number of hydrogen-bond acceptors (Lipinski definition) is 3. The van der Waals surface area contributed by atoms with Crippen LogP contribution in [0.3, 0.4) is 0 Å². The van der Waals surface area contributed by atoms with Gasteiger partial charge in [0.05, 0.1) is 6.04 Å². The van der Waals surface area contributed by atoms with Crippen molar-refractivity contribution >= 4 is 5.91 Å². The lowest BCUT2D eigenvalue weighted by Crippen LogP contribution is -2.36. The first-order valence-corrected chi connectivity index (χ1v) is 8.15. The summed E-state index contributed by atoms with van der Waals surface area (Å²) in [5.74, 6) is 0.632. The topological polar surface area (TPSA) is 41.6 Å². The molecule has 0 unspecified atom stereocenters. The zero-order valence-corrected chi connectivity index (χ0v) is 14.9. The fraction of sp³-hybridized carbons (Fsp3) is 0.350. The number of nitrogens with one attached hydrogen (secondary N) is 1. The van der Waals surface area contributed by atoms with Crippen molar-refractivity contribution < 1.29 is 9.53 Å².